The molecule has 0 fully saturated rings. The van der Waals surface area contributed by atoms with Gasteiger partial charge in [0, 0.05) is 34.7 Å². The van der Waals surface area contributed by atoms with E-state index in [1.54, 1.807) is 18.3 Å². The largest absolute Gasteiger partial charge is 0.450 e. The van der Waals surface area contributed by atoms with Crippen molar-refractivity contribution < 1.29 is 23.4 Å². The zero-order valence-corrected chi connectivity index (χ0v) is 15.3. The first kappa shape index (κ1) is 18.6. The average Bonchev–Trinajstić information content (AvgIpc) is 3.31. The maximum Gasteiger partial charge on any atom is 0.450 e. The van der Waals surface area contributed by atoms with Gasteiger partial charge in [-0.05, 0) is 17.7 Å². The minimum absolute atomic E-state index is 0.0524. The predicted molar refractivity (Wildman–Crippen MR) is 101 cm³/mol. The van der Waals surface area contributed by atoms with Gasteiger partial charge < -0.3 is 5.32 Å². The molecule has 12 heteroatoms. The van der Waals surface area contributed by atoms with Gasteiger partial charge in [0.05, 0.1) is 22.3 Å². The molecular weight excluding hydrogens is 410 g/mol. The van der Waals surface area contributed by atoms with Crippen LogP contribution in [0, 0.1) is 5.82 Å². The normalized spacial score (nSPS) is 11.0. The Morgan fingerprint density at radius 2 is 2.10 bits per heavy atom. The summed E-state index contributed by atoms with van der Waals surface area (Å²) >= 11 is 6.29. The summed E-state index contributed by atoms with van der Waals surface area (Å²) < 4.78 is 28.2. The smallest absolute Gasteiger partial charge is 0.322 e. The third kappa shape index (κ3) is 3.21. The zero-order chi connectivity index (χ0) is 20.7. The molecule has 0 aliphatic heterocycles. The highest BCUT2D eigenvalue weighted by molar-refractivity contribution is 6.36. The van der Waals surface area contributed by atoms with E-state index in [9.17, 15) is 18.5 Å². The third-order valence-corrected chi connectivity index (χ3v) is 4.50. The second kappa shape index (κ2) is 7.02. The lowest BCUT2D eigenvalue weighted by molar-refractivity contribution is -0.114. The average molecular weight is 421 g/mol. The number of H-pyrrole nitrogens is 1. The van der Waals surface area contributed by atoms with Crippen LogP contribution in [-0.4, -0.2) is 31.8 Å². The van der Waals surface area contributed by atoms with Crippen LogP contribution in [0.4, 0.5) is 25.2 Å². The maximum absolute atomic E-state index is 14.9. The van der Waals surface area contributed by atoms with Crippen LogP contribution in [0.2, 0.25) is 5.02 Å². The number of nitrogens with one attached hydrogen (secondary N) is 3. The first-order valence-electron chi connectivity index (χ1n) is 8.10. The fourth-order valence-electron chi connectivity index (χ4n) is 3.02. The number of aromatic nitrogens is 4. The molecule has 2 amide bonds. The van der Waals surface area contributed by atoms with Crippen molar-refractivity contribution in [3.63, 3.8) is 0 Å². The lowest BCUT2D eigenvalue weighted by Crippen LogP contribution is -2.09. The molecular formula is C17H11ClF2N6O3. The molecule has 9 nitrogen and oxygen atoms in total. The van der Waals surface area contributed by atoms with E-state index < -0.39 is 17.8 Å². The van der Waals surface area contributed by atoms with E-state index in [4.69, 9.17) is 11.6 Å². The van der Waals surface area contributed by atoms with Crippen molar-refractivity contribution in [3.8, 4) is 11.1 Å². The van der Waals surface area contributed by atoms with Crippen molar-refractivity contribution in [1.82, 2.24) is 19.8 Å². The Hall–Kier alpha value is -3.73. The molecule has 0 radical (unpaired) electrons. The molecule has 3 heterocycles. The van der Waals surface area contributed by atoms with Crippen molar-refractivity contribution in [3.05, 3.63) is 41.4 Å². The molecule has 4 rings (SSSR count). The number of hydrogen-bond donors (Lipinski definition) is 3. The number of fused-ring (bicyclic) bond motifs is 2. The van der Waals surface area contributed by atoms with Gasteiger partial charge in [-0.15, -0.1) is 5.10 Å². The summed E-state index contributed by atoms with van der Waals surface area (Å²) in [6, 6.07) is 4.73. The first-order chi connectivity index (χ1) is 13.9. The number of anilines is 2. The summed E-state index contributed by atoms with van der Waals surface area (Å²) in [6.45, 7) is 1.25. The number of amides is 2. The molecule has 3 aromatic heterocycles. The summed E-state index contributed by atoms with van der Waals surface area (Å²) in [5.74, 6) is -1.22. The lowest BCUT2D eigenvalue weighted by Gasteiger charge is -2.13. The van der Waals surface area contributed by atoms with Crippen molar-refractivity contribution in [2.24, 2.45) is 0 Å². The van der Waals surface area contributed by atoms with Crippen LogP contribution in [0.15, 0.2) is 30.6 Å². The van der Waals surface area contributed by atoms with Crippen molar-refractivity contribution in [2.45, 2.75) is 6.92 Å². The molecule has 4 aromatic rings. The SMILES string of the molecule is CC(=O)Nc1c(F)c(Cl)c(-c2ccn3nc(NC(=O)OF)cc3c2)c2cn[nH]c12. The van der Waals surface area contributed by atoms with Crippen LogP contribution in [0.3, 0.4) is 0 Å². The predicted octanol–water partition coefficient (Wildman–Crippen LogP) is 4.06. The van der Waals surface area contributed by atoms with Gasteiger partial charge in [-0.3, -0.25) is 15.2 Å². The van der Waals surface area contributed by atoms with Crippen molar-refractivity contribution in [1.29, 1.82) is 0 Å². The van der Waals surface area contributed by atoms with Gasteiger partial charge in [0.1, 0.15) is 5.69 Å². The summed E-state index contributed by atoms with van der Waals surface area (Å²) in [5.41, 5.74) is 1.57. The molecule has 0 aliphatic carbocycles. The quantitative estimate of drug-likeness (QED) is 0.462. The minimum atomic E-state index is -1.31. The molecule has 0 saturated carbocycles. The number of carbonyl (C=O) groups is 2. The Morgan fingerprint density at radius 3 is 2.83 bits per heavy atom. The number of halogens is 3. The zero-order valence-electron chi connectivity index (χ0n) is 14.6. The van der Waals surface area contributed by atoms with Crippen LogP contribution in [0.25, 0.3) is 27.5 Å². The van der Waals surface area contributed by atoms with Gasteiger partial charge in [0.15, 0.2) is 11.6 Å². The molecule has 0 bridgehead atoms. The molecule has 0 aliphatic rings. The summed E-state index contributed by atoms with van der Waals surface area (Å²) in [7, 11) is 0. The van der Waals surface area contributed by atoms with E-state index in [-0.39, 0.29) is 22.0 Å². The number of nitrogens with zero attached hydrogens (tertiary/aromatic N) is 3. The van der Waals surface area contributed by atoms with Gasteiger partial charge in [-0.25, -0.2) is 18.6 Å². The third-order valence-electron chi connectivity index (χ3n) is 4.14. The fourth-order valence-corrected chi connectivity index (χ4v) is 3.33. The van der Waals surface area contributed by atoms with E-state index in [0.29, 0.717) is 22.0 Å². The molecule has 29 heavy (non-hydrogen) atoms. The standard InChI is InChI=1S/C17H11ClF2N6O3/c1-7(27)22-16-14(19)13(18)12(10-6-21-24-15(10)16)8-2-3-26-9(4-8)5-11(25-26)23-17(28)29-20/h2-6H,1H3,(H,21,24)(H,22,27)(H,23,25,28). The molecule has 0 unspecified atom stereocenters. The van der Waals surface area contributed by atoms with Crippen LogP contribution >= 0.6 is 11.6 Å². The number of hydrogen-bond acceptors (Lipinski definition) is 5. The van der Waals surface area contributed by atoms with Gasteiger partial charge in [0.25, 0.3) is 0 Å². The van der Waals surface area contributed by atoms with Crippen LogP contribution in [-0.2, 0) is 9.74 Å². The molecule has 1 aromatic carbocycles. The topological polar surface area (TPSA) is 113 Å². The van der Waals surface area contributed by atoms with Gasteiger partial charge in [-0.1, -0.05) is 11.6 Å². The molecule has 3 N–H and O–H groups in total. The highest BCUT2D eigenvalue weighted by Gasteiger charge is 2.22. The van der Waals surface area contributed by atoms with Crippen molar-refractivity contribution >= 4 is 51.5 Å². The molecule has 0 saturated heterocycles. The van der Waals surface area contributed by atoms with Gasteiger partial charge in [0.2, 0.25) is 5.91 Å². The Bertz CT molecular complexity index is 1290. The number of pyridine rings is 1. The molecule has 148 valence electrons. The summed E-state index contributed by atoms with van der Waals surface area (Å²) in [5, 5.41) is 15.4. The van der Waals surface area contributed by atoms with Crippen LogP contribution < -0.4 is 10.6 Å². The van der Waals surface area contributed by atoms with Gasteiger partial charge >= 0.3 is 6.09 Å². The summed E-state index contributed by atoms with van der Waals surface area (Å²) in [4.78, 5) is 25.5. The Morgan fingerprint density at radius 1 is 1.31 bits per heavy atom. The number of benzene rings is 1. The molecule has 0 atom stereocenters. The van der Waals surface area contributed by atoms with E-state index in [0.717, 1.165) is 0 Å². The Labute approximate surface area is 165 Å². The second-order valence-corrected chi connectivity index (χ2v) is 6.40. The van der Waals surface area contributed by atoms with E-state index in [1.807, 2.05) is 0 Å². The fraction of sp³-hybridized carbons (Fsp3) is 0.0588. The van der Waals surface area contributed by atoms with E-state index in [2.05, 4.69) is 30.9 Å². The highest BCUT2D eigenvalue weighted by Crippen LogP contribution is 2.41. The molecule has 0 spiro atoms. The van der Waals surface area contributed by atoms with E-state index in [1.165, 1.54) is 23.7 Å². The lowest BCUT2D eigenvalue weighted by atomic mass is 10.0. The highest BCUT2D eigenvalue weighted by atomic mass is 35.5. The maximum atomic E-state index is 14.9. The van der Waals surface area contributed by atoms with Gasteiger partial charge in [-0.2, -0.15) is 5.10 Å². The van der Waals surface area contributed by atoms with E-state index >= 15 is 0 Å². The first-order valence-corrected chi connectivity index (χ1v) is 8.48. The number of carbonyl (C=O) groups excluding carboxylic acids is 2. The monoisotopic (exact) mass is 420 g/mol. The summed E-state index contributed by atoms with van der Waals surface area (Å²) in [6.07, 6.45) is 1.71. The Balaban J connectivity index is 1.87. The Kier molecular flexibility index (Phi) is 4.51. The number of aromatic amines is 1. The van der Waals surface area contributed by atoms with Crippen LogP contribution in [0.5, 0.6) is 0 Å². The van der Waals surface area contributed by atoms with Crippen molar-refractivity contribution in [2.75, 3.05) is 10.6 Å². The minimum Gasteiger partial charge on any atom is -0.322 e. The second-order valence-electron chi connectivity index (χ2n) is 6.02. The van der Waals surface area contributed by atoms with Crippen LogP contribution in [0.1, 0.15) is 6.92 Å². The number of rotatable bonds is 3.